The molecular weight excluding hydrogens is 701 g/mol. The van der Waals surface area contributed by atoms with Crippen LogP contribution in [-0.2, 0) is 19.5 Å². The molecule has 0 aliphatic carbocycles. The van der Waals surface area contributed by atoms with E-state index < -0.39 is 43.6 Å². The number of rotatable bonds is 13. The number of aromatic nitrogens is 2. The fourth-order valence-corrected chi connectivity index (χ4v) is 7.70. The molecule has 1 N–H and O–H groups in total. The zero-order valence-corrected chi connectivity index (χ0v) is 33.1. The fraction of sp³-hybridized carbons (Fsp3) is 0.326. The normalized spacial score (nSPS) is 17.7. The molecule has 5 aromatic rings. The van der Waals surface area contributed by atoms with Crippen molar-refractivity contribution in [2.45, 2.75) is 62.9 Å². The summed E-state index contributed by atoms with van der Waals surface area (Å²) in [6.07, 6.45) is 1.41. The van der Waals surface area contributed by atoms with Gasteiger partial charge in [-0.1, -0.05) is 87.5 Å². The largest absolute Gasteiger partial charge is 0.497 e. The quantitative estimate of drug-likeness (QED) is 0.0963. The third-order valence-corrected chi connectivity index (χ3v) is 15.0. The van der Waals surface area contributed by atoms with Gasteiger partial charge >= 0.3 is 5.69 Å². The van der Waals surface area contributed by atoms with Crippen LogP contribution in [-0.4, -0.2) is 58.0 Å². The molecule has 1 radical (unpaired) electrons. The Labute approximate surface area is 317 Å². The van der Waals surface area contributed by atoms with Gasteiger partial charge in [0.05, 0.1) is 45.7 Å². The van der Waals surface area contributed by atoms with Gasteiger partial charge in [0.15, 0.2) is 14.5 Å². The first-order chi connectivity index (χ1) is 25.8. The number of aromatic amines is 1. The van der Waals surface area contributed by atoms with E-state index in [1.807, 2.05) is 85.3 Å². The number of nitrogens with one attached hydrogen (secondary N) is 1. The van der Waals surface area contributed by atoms with E-state index in [9.17, 15) is 9.59 Å². The number of hydrogen-bond acceptors (Lipinski definition) is 8. The Bertz CT molecular complexity index is 2080. The third-order valence-electron chi connectivity index (χ3n) is 10.5. The zero-order chi connectivity index (χ0) is 38.7. The molecule has 0 spiro atoms. The smallest absolute Gasteiger partial charge is 0.330 e. The summed E-state index contributed by atoms with van der Waals surface area (Å²) in [4.78, 5) is 29.3. The highest BCUT2D eigenvalue weighted by molar-refractivity contribution is 6.74. The molecule has 0 saturated carbocycles. The van der Waals surface area contributed by atoms with Gasteiger partial charge in [-0.05, 0) is 76.8 Å². The van der Waals surface area contributed by atoms with Gasteiger partial charge in [0, 0.05) is 12.6 Å². The second kappa shape index (κ2) is 15.8. The lowest BCUT2D eigenvalue weighted by Gasteiger charge is -2.39. The summed E-state index contributed by atoms with van der Waals surface area (Å²) < 4.78 is 38.6. The number of methoxy groups -OCH3 is 3. The summed E-state index contributed by atoms with van der Waals surface area (Å²) in [5.74, 6) is 2.09. The summed E-state index contributed by atoms with van der Waals surface area (Å²) in [5.41, 5.74) is 1.42. The number of nitrogens with zero attached hydrogens (tertiary/aromatic N) is 1. The van der Waals surface area contributed by atoms with E-state index in [0.29, 0.717) is 16.9 Å². The SMILES string of the molecule is COc1ccc(-c2cn([C@@H]3O[C@@H](COC(c4ccccc4)(c4ccc(OC)cc4)c4ccc(OC)cc4)[CH][C@H]3O[Si](C)(C)C(C)(C)C)c(=O)[nH]c2=O)cc1. The number of H-pyrrole nitrogens is 1. The Morgan fingerprint density at radius 1 is 0.722 bits per heavy atom. The Hall–Kier alpha value is -4.94. The summed E-state index contributed by atoms with van der Waals surface area (Å²) in [6.45, 7) is 10.9. The van der Waals surface area contributed by atoms with Gasteiger partial charge in [-0.15, -0.1) is 0 Å². The second-order valence-corrected chi connectivity index (χ2v) is 19.6. The van der Waals surface area contributed by atoms with Crippen molar-refractivity contribution in [1.82, 2.24) is 9.55 Å². The van der Waals surface area contributed by atoms with Crippen LogP contribution in [0.15, 0.2) is 119 Å². The van der Waals surface area contributed by atoms with E-state index in [1.54, 1.807) is 51.8 Å². The molecule has 283 valence electrons. The molecule has 2 heterocycles. The van der Waals surface area contributed by atoms with Gasteiger partial charge in [0.1, 0.15) is 22.8 Å². The summed E-state index contributed by atoms with van der Waals surface area (Å²) in [6, 6.07) is 32.8. The highest BCUT2D eigenvalue weighted by Crippen LogP contribution is 2.44. The minimum Gasteiger partial charge on any atom is -0.497 e. The van der Waals surface area contributed by atoms with Crippen LogP contribution in [0.5, 0.6) is 17.2 Å². The third kappa shape index (κ3) is 7.81. The first-order valence-corrected chi connectivity index (χ1v) is 20.9. The van der Waals surface area contributed by atoms with Crippen LogP contribution in [0.2, 0.25) is 18.1 Å². The van der Waals surface area contributed by atoms with E-state index in [1.165, 1.54) is 4.57 Å². The van der Waals surface area contributed by atoms with Crippen LogP contribution in [0.25, 0.3) is 11.1 Å². The van der Waals surface area contributed by atoms with Gasteiger partial charge in [-0.2, -0.15) is 0 Å². The van der Waals surface area contributed by atoms with Gasteiger partial charge < -0.3 is 28.1 Å². The average Bonchev–Trinajstić information content (AvgIpc) is 3.56. The lowest BCUT2D eigenvalue weighted by molar-refractivity contribution is -0.0844. The average molecular weight is 750 g/mol. The monoisotopic (exact) mass is 749 g/mol. The van der Waals surface area contributed by atoms with E-state index >= 15 is 0 Å². The molecule has 10 nitrogen and oxygen atoms in total. The highest BCUT2D eigenvalue weighted by atomic mass is 28.4. The van der Waals surface area contributed by atoms with Crippen molar-refractivity contribution >= 4 is 8.32 Å². The van der Waals surface area contributed by atoms with Crippen molar-refractivity contribution in [3.05, 3.63) is 153 Å². The van der Waals surface area contributed by atoms with Crippen LogP contribution >= 0.6 is 0 Å². The minimum atomic E-state index is -2.40. The summed E-state index contributed by atoms with van der Waals surface area (Å²) in [5, 5.41) is -0.130. The maximum atomic E-state index is 13.6. The predicted octanol–water partition coefficient (Wildman–Crippen LogP) is 7.73. The van der Waals surface area contributed by atoms with Crippen molar-refractivity contribution in [3.8, 4) is 28.4 Å². The topological polar surface area (TPSA) is 110 Å². The molecule has 3 atom stereocenters. The van der Waals surface area contributed by atoms with Crippen LogP contribution in [0.1, 0.15) is 43.7 Å². The molecule has 0 unspecified atom stereocenters. The molecule has 1 aromatic heterocycles. The molecule has 6 rings (SSSR count). The molecule has 1 fully saturated rings. The Morgan fingerprint density at radius 3 is 1.72 bits per heavy atom. The van der Waals surface area contributed by atoms with Gasteiger partial charge in [-0.3, -0.25) is 14.3 Å². The lowest BCUT2D eigenvalue weighted by atomic mass is 9.80. The second-order valence-electron chi connectivity index (χ2n) is 14.9. The van der Waals surface area contributed by atoms with E-state index in [0.717, 1.165) is 28.2 Å². The van der Waals surface area contributed by atoms with Crippen LogP contribution in [0, 0.1) is 6.42 Å². The standard InChI is InChI=1S/C43H49N2O8Si/c1-42(2,3)54(7,8)53-38-26-36(52-40(38)45-27-37(39(46)44-41(45)47)29-14-20-33(48-4)21-15-29)28-51-43(30-12-10-9-11-13-30,31-16-22-34(49-5)23-17-31)32-18-24-35(50-6)25-19-32/h9-27,36,38,40H,28H2,1-8H3,(H,44,46,47)/t36-,38-,40-/m1/s1. The van der Waals surface area contributed by atoms with Crippen molar-refractivity contribution in [3.63, 3.8) is 0 Å². The van der Waals surface area contributed by atoms with Crippen LogP contribution < -0.4 is 25.5 Å². The minimum absolute atomic E-state index is 0.101. The molecular formula is C43H49N2O8Si. The molecule has 1 aliphatic heterocycles. The van der Waals surface area contributed by atoms with Gasteiger partial charge in [0.25, 0.3) is 5.56 Å². The molecule has 0 amide bonds. The molecule has 54 heavy (non-hydrogen) atoms. The Balaban J connectivity index is 1.42. The number of ether oxygens (including phenoxy) is 5. The van der Waals surface area contributed by atoms with Gasteiger partial charge in [-0.25, -0.2) is 4.79 Å². The van der Waals surface area contributed by atoms with Crippen LogP contribution in [0.3, 0.4) is 0 Å². The number of benzene rings is 4. The molecule has 0 bridgehead atoms. The van der Waals surface area contributed by atoms with E-state index in [-0.39, 0.29) is 11.6 Å². The maximum absolute atomic E-state index is 13.6. The highest BCUT2D eigenvalue weighted by Gasteiger charge is 2.47. The molecule has 1 saturated heterocycles. The molecule has 11 heteroatoms. The first kappa shape index (κ1) is 38.8. The predicted molar refractivity (Wildman–Crippen MR) is 212 cm³/mol. The first-order valence-electron chi connectivity index (χ1n) is 18.0. The van der Waals surface area contributed by atoms with Crippen molar-refractivity contribution in [1.29, 1.82) is 0 Å². The zero-order valence-electron chi connectivity index (χ0n) is 32.1. The lowest BCUT2D eigenvalue weighted by Crippen LogP contribution is -2.46. The fourth-order valence-electron chi connectivity index (χ4n) is 6.47. The Morgan fingerprint density at radius 2 is 1.22 bits per heavy atom. The van der Waals surface area contributed by atoms with Crippen LogP contribution in [0.4, 0.5) is 0 Å². The Kier molecular flexibility index (Phi) is 11.3. The molecule has 1 aliphatic rings. The number of hydrogen-bond donors (Lipinski definition) is 1. The van der Waals surface area contributed by atoms with Gasteiger partial charge in [0.2, 0.25) is 0 Å². The van der Waals surface area contributed by atoms with E-state index in [4.69, 9.17) is 28.1 Å². The maximum Gasteiger partial charge on any atom is 0.330 e. The summed E-state index contributed by atoms with van der Waals surface area (Å²) >= 11 is 0. The van der Waals surface area contributed by atoms with E-state index in [2.05, 4.69) is 38.8 Å². The van der Waals surface area contributed by atoms with Crippen molar-refractivity contribution in [2.75, 3.05) is 27.9 Å². The summed E-state index contributed by atoms with van der Waals surface area (Å²) in [7, 11) is 2.45. The molecule has 4 aromatic carbocycles. The van der Waals surface area contributed by atoms with Crippen molar-refractivity contribution < 1.29 is 28.1 Å². The van der Waals surface area contributed by atoms with Crippen molar-refractivity contribution in [2.24, 2.45) is 0 Å².